The van der Waals surface area contributed by atoms with Gasteiger partial charge in [0.15, 0.2) is 0 Å². The Morgan fingerprint density at radius 1 is 0.825 bits per heavy atom. The third-order valence-corrected chi connectivity index (χ3v) is 8.46. The van der Waals surface area contributed by atoms with Crippen LogP contribution in [-0.4, -0.2) is 37.6 Å². The fourth-order valence-corrected chi connectivity index (χ4v) is 5.53. The van der Waals surface area contributed by atoms with Gasteiger partial charge in [-0.1, -0.05) is 91.0 Å². The second-order valence-electron chi connectivity index (χ2n) is 11.6. The molecule has 1 amide bonds. The van der Waals surface area contributed by atoms with Crippen molar-refractivity contribution in [2.75, 3.05) is 13.2 Å². The van der Waals surface area contributed by atoms with Crippen molar-refractivity contribution in [3.8, 4) is 11.1 Å². The van der Waals surface area contributed by atoms with Crippen LogP contribution in [0, 0.1) is 0 Å². The first kappa shape index (κ1) is 26.4. The first-order chi connectivity index (χ1) is 19.2. The van der Waals surface area contributed by atoms with Gasteiger partial charge in [-0.25, -0.2) is 4.79 Å². The summed E-state index contributed by atoms with van der Waals surface area (Å²) < 4.78 is 18.5. The van der Waals surface area contributed by atoms with Gasteiger partial charge in [0.05, 0.1) is 11.2 Å². The molecule has 5 nitrogen and oxygen atoms in total. The molecule has 0 bridgehead atoms. The Bertz CT molecular complexity index is 1550. The zero-order valence-corrected chi connectivity index (χ0v) is 23.4. The van der Waals surface area contributed by atoms with Gasteiger partial charge in [0.25, 0.3) is 0 Å². The molecule has 0 radical (unpaired) electrons. The van der Waals surface area contributed by atoms with Gasteiger partial charge in [-0.3, -0.25) is 0 Å². The molecule has 1 saturated heterocycles. The third-order valence-electron chi connectivity index (χ3n) is 8.46. The Hall–Kier alpha value is -3.87. The lowest BCUT2D eigenvalue weighted by Gasteiger charge is -2.32. The minimum Gasteiger partial charge on any atom is -0.449 e. The molecule has 1 aliphatic heterocycles. The van der Waals surface area contributed by atoms with Gasteiger partial charge >= 0.3 is 13.2 Å². The van der Waals surface area contributed by atoms with E-state index >= 15 is 0 Å². The fraction of sp³-hybridized carbons (Fsp3) is 0.265. The quantitative estimate of drug-likeness (QED) is 0.264. The number of fused-ring (bicyclic) bond motifs is 4. The van der Waals surface area contributed by atoms with E-state index in [1.54, 1.807) is 0 Å². The maximum atomic E-state index is 13.0. The summed E-state index contributed by atoms with van der Waals surface area (Å²) in [4.78, 5) is 13.0. The maximum absolute atomic E-state index is 13.0. The summed E-state index contributed by atoms with van der Waals surface area (Å²) in [5.41, 5.74) is 5.62. The molecule has 0 aromatic heterocycles. The molecule has 6 rings (SSSR count). The molecule has 4 aromatic rings. The van der Waals surface area contributed by atoms with Gasteiger partial charge in [-0.2, -0.15) is 0 Å². The lowest BCUT2D eigenvalue weighted by Crippen LogP contribution is -2.41. The van der Waals surface area contributed by atoms with Crippen molar-refractivity contribution < 1.29 is 18.8 Å². The zero-order valence-electron chi connectivity index (χ0n) is 23.4. The highest BCUT2D eigenvalue weighted by Gasteiger charge is 2.52. The molecule has 6 heteroatoms. The van der Waals surface area contributed by atoms with E-state index in [2.05, 4.69) is 59.9 Å². The van der Waals surface area contributed by atoms with Crippen molar-refractivity contribution >= 4 is 30.1 Å². The summed E-state index contributed by atoms with van der Waals surface area (Å²) in [7, 11) is -0.592. The van der Waals surface area contributed by atoms with Gasteiger partial charge in [-0.15, -0.1) is 0 Å². The lowest BCUT2D eigenvalue weighted by atomic mass is 9.77. The fourth-order valence-electron chi connectivity index (χ4n) is 5.53. The predicted molar refractivity (Wildman–Crippen MR) is 161 cm³/mol. The number of hydrogen-bond acceptors (Lipinski definition) is 4. The summed E-state index contributed by atoms with van der Waals surface area (Å²) >= 11 is 0. The summed E-state index contributed by atoms with van der Waals surface area (Å²) in [6.45, 7) is 8.61. The minimum atomic E-state index is -0.592. The summed E-state index contributed by atoms with van der Waals surface area (Å²) in [5, 5.41) is 5.28. The molecule has 0 spiro atoms. The number of alkyl carbamates (subject to hydrolysis) is 1. The number of carbonyl (C=O) groups is 1. The zero-order chi connectivity index (χ0) is 27.9. The van der Waals surface area contributed by atoms with Crippen molar-refractivity contribution in [2.24, 2.45) is 0 Å². The summed E-state index contributed by atoms with van der Waals surface area (Å²) in [6.07, 6.45) is 1.57. The molecule has 2 aliphatic rings. The highest BCUT2D eigenvalue weighted by molar-refractivity contribution is 6.56. The number of carbonyl (C=O) groups excluding carboxylic acids is 1. The number of benzene rings is 4. The van der Waals surface area contributed by atoms with E-state index in [1.165, 1.54) is 27.6 Å². The second-order valence-corrected chi connectivity index (χ2v) is 11.6. The Kier molecular flexibility index (Phi) is 6.77. The standard InChI is InChI=1S/C34H34BNO4/c1-33(2)34(3,4)40-35(39-33)26(20-23-17-18-24-11-5-6-12-25(24)19-23)21-36-32(37)38-22-31-29-15-9-7-13-27(29)28-14-8-10-16-30(28)31/h5-20,31H,21-22H2,1-4H3,(H,36,37). The lowest BCUT2D eigenvalue weighted by molar-refractivity contribution is 0.00578. The Morgan fingerprint density at radius 3 is 2.05 bits per heavy atom. The van der Waals surface area contributed by atoms with Crippen LogP contribution in [0.15, 0.2) is 96.5 Å². The van der Waals surface area contributed by atoms with E-state index in [0.29, 0.717) is 0 Å². The van der Waals surface area contributed by atoms with Crippen LogP contribution in [0.1, 0.15) is 50.3 Å². The van der Waals surface area contributed by atoms with Gasteiger partial charge in [0, 0.05) is 12.5 Å². The van der Waals surface area contributed by atoms with E-state index in [1.807, 2.05) is 70.2 Å². The summed E-state index contributed by atoms with van der Waals surface area (Å²) in [6, 6.07) is 31.2. The minimum absolute atomic E-state index is 0.00820. The molecule has 1 N–H and O–H groups in total. The number of amides is 1. The van der Waals surface area contributed by atoms with Gasteiger partial charge in [0.1, 0.15) is 6.61 Å². The Balaban J connectivity index is 1.19. The Labute approximate surface area is 236 Å². The highest BCUT2D eigenvalue weighted by Crippen LogP contribution is 2.44. The first-order valence-electron chi connectivity index (χ1n) is 13.9. The monoisotopic (exact) mass is 531 g/mol. The molecule has 1 fully saturated rings. The van der Waals surface area contributed by atoms with E-state index in [4.69, 9.17) is 14.0 Å². The SMILES string of the molecule is CC1(C)OB(C(=Cc2ccc3ccccc3c2)CNC(=O)OCC2c3ccccc3-c3ccccc32)OC1(C)C. The topological polar surface area (TPSA) is 56.8 Å². The summed E-state index contributed by atoms with van der Waals surface area (Å²) in [5.74, 6) is 0.00820. The van der Waals surface area contributed by atoms with Crippen LogP contribution in [0.2, 0.25) is 0 Å². The van der Waals surface area contributed by atoms with Crippen LogP contribution in [0.5, 0.6) is 0 Å². The van der Waals surface area contributed by atoms with Gasteiger partial charge < -0.3 is 19.4 Å². The number of nitrogens with one attached hydrogen (secondary N) is 1. The van der Waals surface area contributed by atoms with Crippen molar-refractivity contribution in [2.45, 2.75) is 44.8 Å². The van der Waals surface area contributed by atoms with Crippen molar-refractivity contribution in [1.82, 2.24) is 5.32 Å². The van der Waals surface area contributed by atoms with Crippen LogP contribution in [0.3, 0.4) is 0 Å². The van der Waals surface area contributed by atoms with E-state index in [-0.39, 0.29) is 19.1 Å². The smallest absolute Gasteiger partial charge is 0.449 e. The average Bonchev–Trinajstić information content (AvgIpc) is 3.38. The van der Waals surface area contributed by atoms with E-state index in [9.17, 15) is 4.79 Å². The molecular weight excluding hydrogens is 497 g/mol. The van der Waals surface area contributed by atoms with Crippen molar-refractivity contribution in [3.63, 3.8) is 0 Å². The maximum Gasteiger partial charge on any atom is 0.492 e. The van der Waals surface area contributed by atoms with Crippen LogP contribution < -0.4 is 5.32 Å². The highest BCUT2D eigenvalue weighted by atomic mass is 16.7. The van der Waals surface area contributed by atoms with E-state index < -0.39 is 24.4 Å². The largest absolute Gasteiger partial charge is 0.492 e. The molecule has 0 saturated carbocycles. The van der Waals surface area contributed by atoms with Gasteiger partial charge in [-0.05, 0) is 77.8 Å². The van der Waals surface area contributed by atoms with Crippen molar-refractivity contribution in [3.05, 3.63) is 113 Å². The molecule has 4 aromatic carbocycles. The van der Waals surface area contributed by atoms with Crippen LogP contribution in [-0.2, 0) is 14.0 Å². The van der Waals surface area contributed by atoms with Crippen LogP contribution in [0.25, 0.3) is 28.0 Å². The second kappa shape index (κ2) is 10.3. The van der Waals surface area contributed by atoms with Gasteiger partial charge in [0.2, 0.25) is 0 Å². The van der Waals surface area contributed by atoms with E-state index in [0.717, 1.165) is 16.4 Å². The third kappa shape index (κ3) is 4.94. The molecule has 0 unspecified atom stereocenters. The first-order valence-corrected chi connectivity index (χ1v) is 13.9. The number of rotatable bonds is 6. The molecular formula is C34H34BNO4. The predicted octanol–water partition coefficient (Wildman–Crippen LogP) is 7.39. The molecule has 1 heterocycles. The molecule has 1 aliphatic carbocycles. The van der Waals surface area contributed by atoms with Crippen molar-refractivity contribution in [1.29, 1.82) is 0 Å². The van der Waals surface area contributed by atoms with Crippen LogP contribution >= 0.6 is 0 Å². The molecule has 40 heavy (non-hydrogen) atoms. The number of ether oxygens (including phenoxy) is 1. The van der Waals surface area contributed by atoms with Crippen LogP contribution in [0.4, 0.5) is 4.79 Å². The average molecular weight is 531 g/mol. The Morgan fingerprint density at radius 2 is 1.40 bits per heavy atom. The number of hydrogen-bond donors (Lipinski definition) is 1. The molecule has 202 valence electrons. The normalized spacial score (nSPS) is 17.5. The molecule has 0 atom stereocenters.